The average molecular weight is 261 g/mol. The molecule has 0 saturated carbocycles. The van der Waals surface area contributed by atoms with Gasteiger partial charge in [0.1, 0.15) is 6.17 Å². The van der Waals surface area contributed by atoms with E-state index in [4.69, 9.17) is 17.3 Å². The summed E-state index contributed by atoms with van der Waals surface area (Å²) in [6.45, 7) is 0.582. The van der Waals surface area contributed by atoms with E-state index in [1.165, 1.54) is 6.20 Å². The molecular formula is C10H14ClFN4O. The fourth-order valence-corrected chi connectivity index (χ4v) is 2.35. The summed E-state index contributed by atoms with van der Waals surface area (Å²) >= 11 is 5.97. The molecule has 1 aliphatic heterocycles. The van der Waals surface area contributed by atoms with Crippen LogP contribution in [0.5, 0.6) is 0 Å². The lowest BCUT2D eigenvalue weighted by atomic mass is 10.2. The maximum Gasteiger partial charge on any atom is 0.234 e. The van der Waals surface area contributed by atoms with Crippen molar-refractivity contribution in [1.29, 1.82) is 0 Å². The van der Waals surface area contributed by atoms with Crippen LogP contribution in [0.25, 0.3) is 0 Å². The predicted molar refractivity (Wildman–Crippen MR) is 61.1 cm³/mol. The van der Waals surface area contributed by atoms with Crippen LogP contribution < -0.4 is 5.73 Å². The molecule has 5 nitrogen and oxygen atoms in total. The first kappa shape index (κ1) is 12.3. The Morgan fingerprint density at radius 2 is 2.47 bits per heavy atom. The topological polar surface area (TPSA) is 64.2 Å². The second-order valence-corrected chi connectivity index (χ2v) is 4.65. The molecule has 0 aromatic carbocycles. The largest absolute Gasteiger partial charge is 0.368 e. The Morgan fingerprint density at radius 1 is 1.76 bits per heavy atom. The Kier molecular flexibility index (Phi) is 3.35. The molecule has 0 bridgehead atoms. The molecule has 1 aromatic heterocycles. The van der Waals surface area contributed by atoms with Crippen LogP contribution in [0.4, 0.5) is 4.39 Å². The van der Waals surface area contributed by atoms with Crippen molar-refractivity contribution in [1.82, 2.24) is 14.7 Å². The van der Waals surface area contributed by atoms with Gasteiger partial charge in [-0.15, -0.1) is 0 Å². The number of primary amides is 1. The minimum Gasteiger partial charge on any atom is -0.368 e. The summed E-state index contributed by atoms with van der Waals surface area (Å²) in [5, 5.41) is 4.51. The van der Waals surface area contributed by atoms with E-state index in [1.807, 2.05) is 0 Å². The Morgan fingerprint density at radius 3 is 3.00 bits per heavy atom. The van der Waals surface area contributed by atoms with Crippen molar-refractivity contribution >= 4 is 17.5 Å². The minimum absolute atomic E-state index is 0.158. The number of carbonyl (C=O) groups is 1. The van der Waals surface area contributed by atoms with Gasteiger partial charge >= 0.3 is 0 Å². The lowest BCUT2D eigenvalue weighted by Crippen LogP contribution is -2.40. The fraction of sp³-hybridized carbons (Fsp3) is 0.600. The molecule has 2 atom stereocenters. The number of aryl methyl sites for hydroxylation is 1. The number of aromatic nitrogens is 2. The summed E-state index contributed by atoms with van der Waals surface area (Å²) in [6.07, 6.45) is 0.670. The van der Waals surface area contributed by atoms with E-state index >= 15 is 0 Å². The molecule has 0 radical (unpaired) electrons. The number of hydrogen-bond acceptors (Lipinski definition) is 3. The van der Waals surface area contributed by atoms with Crippen molar-refractivity contribution < 1.29 is 9.18 Å². The molecule has 2 rings (SSSR count). The van der Waals surface area contributed by atoms with E-state index in [2.05, 4.69) is 5.10 Å². The van der Waals surface area contributed by atoms with Gasteiger partial charge < -0.3 is 5.73 Å². The van der Waals surface area contributed by atoms with Crippen molar-refractivity contribution in [3.05, 3.63) is 16.9 Å². The van der Waals surface area contributed by atoms with Gasteiger partial charge in [-0.2, -0.15) is 5.10 Å². The predicted octanol–water partition coefficient (Wildman–Crippen LogP) is 0.471. The summed E-state index contributed by atoms with van der Waals surface area (Å²) < 4.78 is 14.9. The molecule has 17 heavy (non-hydrogen) atoms. The number of halogens is 2. The van der Waals surface area contributed by atoms with E-state index in [0.29, 0.717) is 11.6 Å². The van der Waals surface area contributed by atoms with Crippen molar-refractivity contribution in [3.63, 3.8) is 0 Å². The molecule has 2 N–H and O–H groups in total. The highest BCUT2D eigenvalue weighted by Crippen LogP contribution is 2.24. The third kappa shape index (κ3) is 2.42. The van der Waals surface area contributed by atoms with Crippen LogP contribution >= 0.6 is 11.6 Å². The molecule has 0 spiro atoms. The quantitative estimate of drug-likeness (QED) is 0.859. The molecule has 1 aliphatic rings. The molecular weight excluding hydrogens is 247 g/mol. The normalized spacial score (nSPS) is 25.4. The standard InChI is InChI=1S/C10H14ClFN4O/c1-15-9(7(11)3-14-15)5-16-4-6(12)2-8(16)10(13)17/h3,6,8H,2,4-5H2,1H3,(H2,13,17)/t6-,8+/m1/s1. The molecule has 2 heterocycles. The Balaban J connectivity index is 2.15. The maximum atomic E-state index is 13.3. The van der Waals surface area contributed by atoms with Gasteiger partial charge in [0, 0.05) is 26.6 Å². The lowest BCUT2D eigenvalue weighted by Gasteiger charge is -2.21. The SMILES string of the molecule is Cn1ncc(Cl)c1CN1C[C@H](F)C[C@H]1C(N)=O. The van der Waals surface area contributed by atoms with E-state index < -0.39 is 18.1 Å². The van der Waals surface area contributed by atoms with E-state index in [0.717, 1.165) is 5.69 Å². The average Bonchev–Trinajstić information content (AvgIpc) is 2.76. The van der Waals surface area contributed by atoms with Crippen molar-refractivity contribution in [2.45, 2.75) is 25.2 Å². The highest BCUT2D eigenvalue weighted by Gasteiger charge is 2.36. The van der Waals surface area contributed by atoms with Crippen LogP contribution in [-0.4, -0.2) is 39.3 Å². The van der Waals surface area contributed by atoms with E-state index in [9.17, 15) is 9.18 Å². The van der Waals surface area contributed by atoms with Crippen molar-refractivity contribution in [2.24, 2.45) is 12.8 Å². The molecule has 94 valence electrons. The van der Waals surface area contributed by atoms with Gasteiger partial charge in [-0.3, -0.25) is 14.4 Å². The third-order valence-electron chi connectivity index (χ3n) is 3.04. The van der Waals surface area contributed by atoms with Gasteiger partial charge in [0.25, 0.3) is 0 Å². The molecule has 1 aromatic rings. The highest BCUT2D eigenvalue weighted by molar-refractivity contribution is 6.31. The second-order valence-electron chi connectivity index (χ2n) is 4.24. The zero-order valence-corrected chi connectivity index (χ0v) is 10.2. The molecule has 7 heteroatoms. The summed E-state index contributed by atoms with van der Waals surface area (Å²) in [7, 11) is 1.75. The number of rotatable bonds is 3. The number of hydrogen-bond donors (Lipinski definition) is 1. The number of nitrogens with two attached hydrogens (primary N) is 1. The van der Waals surface area contributed by atoms with Crippen LogP contribution in [0, 0.1) is 0 Å². The maximum absolute atomic E-state index is 13.3. The van der Waals surface area contributed by atoms with Crippen molar-refractivity contribution in [2.75, 3.05) is 6.54 Å². The monoisotopic (exact) mass is 260 g/mol. The van der Waals surface area contributed by atoms with Gasteiger partial charge in [0.05, 0.1) is 23.0 Å². The first-order valence-corrected chi connectivity index (χ1v) is 5.70. The lowest BCUT2D eigenvalue weighted by molar-refractivity contribution is -0.122. The molecule has 1 fully saturated rings. The molecule has 1 amide bonds. The molecule has 0 aliphatic carbocycles. The smallest absolute Gasteiger partial charge is 0.234 e. The number of likely N-dealkylation sites (tertiary alicyclic amines) is 1. The Labute approximate surface area is 103 Å². The zero-order valence-electron chi connectivity index (χ0n) is 9.44. The molecule has 0 unspecified atom stereocenters. The summed E-state index contributed by atoms with van der Waals surface area (Å²) in [5.74, 6) is -0.497. The number of nitrogens with zero attached hydrogens (tertiary/aromatic N) is 3. The summed E-state index contributed by atoms with van der Waals surface area (Å²) in [6, 6.07) is -0.559. The minimum atomic E-state index is -1.01. The van der Waals surface area contributed by atoms with Crippen LogP contribution in [0.3, 0.4) is 0 Å². The number of carbonyl (C=O) groups excluding carboxylic acids is 1. The Hall–Kier alpha value is -1.14. The summed E-state index contributed by atoms with van der Waals surface area (Å²) in [4.78, 5) is 12.9. The Bertz CT molecular complexity index is 416. The zero-order chi connectivity index (χ0) is 12.6. The van der Waals surface area contributed by atoms with Crippen LogP contribution in [0.1, 0.15) is 12.1 Å². The number of amides is 1. The van der Waals surface area contributed by atoms with E-state index in [1.54, 1.807) is 16.6 Å². The van der Waals surface area contributed by atoms with Gasteiger partial charge in [-0.1, -0.05) is 11.6 Å². The molecule has 1 saturated heterocycles. The van der Waals surface area contributed by atoms with Crippen molar-refractivity contribution in [3.8, 4) is 0 Å². The highest BCUT2D eigenvalue weighted by atomic mass is 35.5. The first-order valence-electron chi connectivity index (χ1n) is 5.33. The van der Waals surface area contributed by atoms with Crippen LogP contribution in [0.2, 0.25) is 5.02 Å². The van der Waals surface area contributed by atoms with E-state index in [-0.39, 0.29) is 13.0 Å². The van der Waals surface area contributed by atoms with Crippen LogP contribution in [0.15, 0.2) is 6.20 Å². The fourth-order valence-electron chi connectivity index (χ4n) is 2.12. The van der Waals surface area contributed by atoms with Gasteiger partial charge in [0.2, 0.25) is 5.91 Å². The number of alkyl halides is 1. The second kappa shape index (κ2) is 4.62. The van der Waals surface area contributed by atoms with Gasteiger partial charge in [-0.05, 0) is 0 Å². The third-order valence-corrected chi connectivity index (χ3v) is 3.36. The van der Waals surface area contributed by atoms with Gasteiger partial charge in [0.15, 0.2) is 0 Å². The van der Waals surface area contributed by atoms with Gasteiger partial charge in [-0.25, -0.2) is 4.39 Å². The first-order chi connectivity index (χ1) is 7.99. The van der Waals surface area contributed by atoms with Crippen LogP contribution in [-0.2, 0) is 18.4 Å². The summed E-state index contributed by atoms with van der Waals surface area (Å²) in [5.41, 5.74) is 6.01.